The smallest absolute Gasteiger partial charge is 0.362 e. The maximum Gasteiger partial charge on any atom is 0.411 e. The summed E-state index contributed by atoms with van der Waals surface area (Å²) < 4.78 is 42.3. The number of carbonyl (C=O) groups is 1. The summed E-state index contributed by atoms with van der Waals surface area (Å²) in [4.78, 5) is 17.8. The number of piperazine rings is 1. The van der Waals surface area contributed by atoms with Crippen molar-refractivity contribution in [3.63, 3.8) is 0 Å². The number of nitrogens with zero attached hydrogens (tertiary/aromatic N) is 3. The zero-order valence-corrected chi connectivity index (χ0v) is 11.6. The van der Waals surface area contributed by atoms with Crippen molar-refractivity contribution in [2.45, 2.75) is 12.2 Å². The van der Waals surface area contributed by atoms with E-state index in [1.54, 1.807) is 24.0 Å². The van der Waals surface area contributed by atoms with Crippen LogP contribution >= 0.6 is 0 Å². The molecule has 0 bridgehead atoms. The van der Waals surface area contributed by atoms with E-state index in [9.17, 15) is 18.0 Å². The molecule has 1 aliphatic heterocycles. The Labute approximate surface area is 119 Å². The minimum absolute atomic E-state index is 0.305. The Hall–Kier alpha value is -1.61. The van der Waals surface area contributed by atoms with Crippen molar-refractivity contribution in [3.05, 3.63) is 18.2 Å². The number of halogens is 3. The van der Waals surface area contributed by atoms with E-state index in [0.29, 0.717) is 25.5 Å². The van der Waals surface area contributed by atoms with Crippen LogP contribution in [0.3, 0.4) is 0 Å². The molecule has 2 rings (SSSR count). The number of aromatic nitrogens is 2. The first-order valence-corrected chi connectivity index (χ1v) is 6.50. The number of alkyl halides is 3. The Morgan fingerprint density at radius 2 is 2.33 bits per heavy atom. The number of aryl methyl sites for hydroxylation is 1. The quantitative estimate of drug-likeness (QED) is 0.878. The first kappa shape index (κ1) is 15.8. The molecular formula is C12H17F3N4O2. The second-order valence-electron chi connectivity index (χ2n) is 4.81. The van der Waals surface area contributed by atoms with Gasteiger partial charge >= 0.3 is 6.18 Å². The summed E-state index contributed by atoms with van der Waals surface area (Å²) >= 11 is 0. The molecule has 0 saturated carbocycles. The molecule has 1 fully saturated rings. The van der Waals surface area contributed by atoms with E-state index in [-0.39, 0.29) is 6.04 Å². The highest BCUT2D eigenvalue weighted by atomic mass is 19.4. The van der Waals surface area contributed by atoms with Crippen LogP contribution in [0.2, 0.25) is 0 Å². The summed E-state index contributed by atoms with van der Waals surface area (Å²) in [5, 5.41) is 3.15. The van der Waals surface area contributed by atoms with Crippen LogP contribution in [0.1, 0.15) is 11.9 Å². The number of nitrogens with one attached hydrogen (secondary N) is 1. The van der Waals surface area contributed by atoms with E-state index in [1.807, 2.05) is 0 Å². The Balaban J connectivity index is 1.98. The Kier molecular flexibility index (Phi) is 4.84. The third-order valence-corrected chi connectivity index (χ3v) is 3.21. The van der Waals surface area contributed by atoms with E-state index in [2.05, 4.69) is 15.0 Å². The molecule has 1 saturated heterocycles. The van der Waals surface area contributed by atoms with Gasteiger partial charge in [-0.2, -0.15) is 13.2 Å². The molecule has 21 heavy (non-hydrogen) atoms. The SMILES string of the molecule is Cn1ccnc1C1CNCCN1C(=O)COCC(F)(F)F. The highest BCUT2D eigenvalue weighted by molar-refractivity contribution is 5.78. The van der Waals surface area contributed by atoms with Crippen molar-refractivity contribution >= 4 is 5.91 Å². The number of amides is 1. The summed E-state index contributed by atoms with van der Waals surface area (Å²) in [6.07, 6.45) is -1.05. The van der Waals surface area contributed by atoms with Gasteiger partial charge in [-0.25, -0.2) is 4.98 Å². The predicted octanol–water partition coefficient (Wildman–Crippen LogP) is 0.472. The molecule has 1 aliphatic rings. The van der Waals surface area contributed by atoms with Crippen LogP contribution in [-0.2, 0) is 16.6 Å². The lowest BCUT2D eigenvalue weighted by molar-refractivity contribution is -0.178. The number of hydrogen-bond donors (Lipinski definition) is 1. The van der Waals surface area contributed by atoms with Gasteiger partial charge in [0.2, 0.25) is 5.91 Å². The van der Waals surface area contributed by atoms with Gasteiger partial charge in [0.25, 0.3) is 0 Å². The van der Waals surface area contributed by atoms with Gasteiger partial charge in [-0.1, -0.05) is 0 Å². The summed E-state index contributed by atoms with van der Waals surface area (Å²) in [7, 11) is 1.81. The molecule has 0 spiro atoms. The molecule has 1 amide bonds. The standard InChI is InChI=1S/C12H17F3N4O2/c1-18-4-3-17-11(18)9-6-16-2-5-19(9)10(20)7-21-8-12(13,14)15/h3-4,9,16H,2,5-8H2,1H3. The van der Waals surface area contributed by atoms with Crippen molar-refractivity contribution in [3.8, 4) is 0 Å². The summed E-state index contributed by atoms with van der Waals surface area (Å²) in [6, 6.07) is -0.305. The van der Waals surface area contributed by atoms with Gasteiger partial charge in [-0.05, 0) is 0 Å². The van der Waals surface area contributed by atoms with Crippen LogP contribution in [0.15, 0.2) is 12.4 Å². The van der Waals surface area contributed by atoms with Crippen LogP contribution in [0.4, 0.5) is 13.2 Å². The fourth-order valence-electron chi connectivity index (χ4n) is 2.27. The molecule has 1 N–H and O–H groups in total. The second kappa shape index (κ2) is 6.44. The number of carbonyl (C=O) groups excluding carboxylic acids is 1. The molecule has 2 heterocycles. The van der Waals surface area contributed by atoms with Gasteiger partial charge in [0.05, 0.1) is 0 Å². The molecule has 9 heteroatoms. The molecule has 1 atom stereocenters. The maximum atomic E-state index is 12.1. The highest BCUT2D eigenvalue weighted by Crippen LogP contribution is 2.21. The first-order valence-electron chi connectivity index (χ1n) is 6.50. The molecule has 118 valence electrons. The molecule has 0 aromatic carbocycles. The minimum atomic E-state index is -4.43. The van der Waals surface area contributed by atoms with Gasteiger partial charge < -0.3 is 19.5 Å². The molecular weight excluding hydrogens is 289 g/mol. The average Bonchev–Trinajstić information content (AvgIpc) is 2.83. The monoisotopic (exact) mass is 306 g/mol. The van der Waals surface area contributed by atoms with Crippen LogP contribution < -0.4 is 5.32 Å². The van der Waals surface area contributed by atoms with Gasteiger partial charge in [0.15, 0.2) is 0 Å². The number of ether oxygens (including phenoxy) is 1. The van der Waals surface area contributed by atoms with Crippen LogP contribution in [0.25, 0.3) is 0 Å². The number of hydrogen-bond acceptors (Lipinski definition) is 4. The maximum absolute atomic E-state index is 12.1. The van der Waals surface area contributed by atoms with Crippen molar-refractivity contribution in [1.29, 1.82) is 0 Å². The topological polar surface area (TPSA) is 59.4 Å². The third-order valence-electron chi connectivity index (χ3n) is 3.21. The van der Waals surface area contributed by atoms with Crippen molar-refractivity contribution < 1.29 is 22.7 Å². The van der Waals surface area contributed by atoms with Crippen molar-refractivity contribution in [1.82, 2.24) is 19.8 Å². The molecule has 1 aromatic heterocycles. The zero-order chi connectivity index (χ0) is 15.5. The largest absolute Gasteiger partial charge is 0.411 e. The number of imidazole rings is 1. The summed E-state index contributed by atoms with van der Waals surface area (Å²) in [5.41, 5.74) is 0. The molecule has 0 aliphatic carbocycles. The highest BCUT2D eigenvalue weighted by Gasteiger charge is 2.32. The Morgan fingerprint density at radius 1 is 1.57 bits per heavy atom. The van der Waals surface area contributed by atoms with E-state index in [1.165, 1.54) is 4.90 Å². The lowest BCUT2D eigenvalue weighted by Gasteiger charge is -2.35. The van der Waals surface area contributed by atoms with Gasteiger partial charge in [-0.3, -0.25) is 4.79 Å². The zero-order valence-electron chi connectivity index (χ0n) is 11.6. The fraction of sp³-hybridized carbons (Fsp3) is 0.667. The van der Waals surface area contributed by atoms with E-state index in [4.69, 9.17) is 0 Å². The van der Waals surface area contributed by atoms with Gasteiger partial charge in [0, 0.05) is 39.1 Å². The molecule has 6 nitrogen and oxygen atoms in total. The Morgan fingerprint density at radius 3 is 2.95 bits per heavy atom. The Bertz CT molecular complexity index is 489. The second-order valence-corrected chi connectivity index (χ2v) is 4.81. The number of rotatable bonds is 4. The van der Waals surface area contributed by atoms with E-state index >= 15 is 0 Å². The van der Waals surface area contributed by atoms with Crippen LogP contribution in [0, 0.1) is 0 Å². The van der Waals surface area contributed by atoms with Crippen molar-refractivity contribution in [2.24, 2.45) is 7.05 Å². The predicted molar refractivity (Wildman–Crippen MR) is 67.4 cm³/mol. The van der Waals surface area contributed by atoms with Crippen molar-refractivity contribution in [2.75, 3.05) is 32.8 Å². The summed E-state index contributed by atoms with van der Waals surface area (Å²) in [5.74, 6) is 0.222. The fourth-order valence-corrected chi connectivity index (χ4v) is 2.27. The summed E-state index contributed by atoms with van der Waals surface area (Å²) in [6.45, 7) is -0.494. The van der Waals surface area contributed by atoms with Crippen LogP contribution in [0.5, 0.6) is 0 Å². The minimum Gasteiger partial charge on any atom is -0.362 e. The van der Waals surface area contributed by atoms with E-state index in [0.717, 1.165) is 0 Å². The normalized spacial score (nSPS) is 19.8. The molecule has 1 aromatic rings. The third kappa shape index (κ3) is 4.18. The lowest BCUT2D eigenvalue weighted by Crippen LogP contribution is -2.50. The van der Waals surface area contributed by atoms with E-state index < -0.39 is 25.3 Å². The molecule has 1 unspecified atom stereocenters. The first-order chi connectivity index (χ1) is 9.88. The van der Waals surface area contributed by atoms with Gasteiger partial charge in [-0.15, -0.1) is 0 Å². The van der Waals surface area contributed by atoms with Crippen LogP contribution in [-0.4, -0.2) is 59.4 Å². The van der Waals surface area contributed by atoms with Gasteiger partial charge in [0.1, 0.15) is 25.1 Å². The molecule has 0 radical (unpaired) electrons. The lowest BCUT2D eigenvalue weighted by atomic mass is 10.1. The average molecular weight is 306 g/mol.